The predicted octanol–water partition coefficient (Wildman–Crippen LogP) is 4.86. The van der Waals surface area contributed by atoms with E-state index in [2.05, 4.69) is 10.6 Å². The fourth-order valence-corrected chi connectivity index (χ4v) is 3.27. The van der Waals surface area contributed by atoms with E-state index in [-0.39, 0.29) is 22.4 Å². The van der Waals surface area contributed by atoms with Crippen LogP contribution in [0.15, 0.2) is 36.4 Å². The van der Waals surface area contributed by atoms with Crippen LogP contribution < -0.4 is 15.4 Å². The maximum atomic E-state index is 13.8. The van der Waals surface area contributed by atoms with E-state index in [4.69, 9.17) is 17.0 Å². The van der Waals surface area contributed by atoms with Gasteiger partial charge in [-0.2, -0.15) is 0 Å². The summed E-state index contributed by atoms with van der Waals surface area (Å²) in [6.45, 7) is 6.00. The van der Waals surface area contributed by atoms with Crippen LogP contribution in [0.4, 0.5) is 14.5 Å². The van der Waals surface area contributed by atoms with Gasteiger partial charge < -0.3 is 15.4 Å². The molecule has 3 nitrogen and oxygen atoms in total. The number of thiocarbonyl (C=S) groups is 1. The molecule has 0 saturated carbocycles. The Labute approximate surface area is 151 Å². The van der Waals surface area contributed by atoms with Gasteiger partial charge in [0.1, 0.15) is 28.7 Å². The Hall–Kier alpha value is -2.21. The highest BCUT2D eigenvalue weighted by Gasteiger charge is 2.34. The van der Waals surface area contributed by atoms with Gasteiger partial charge in [0.15, 0.2) is 5.11 Å². The summed E-state index contributed by atoms with van der Waals surface area (Å²) < 4.78 is 33.6. The molecule has 1 aliphatic rings. The predicted molar refractivity (Wildman–Crippen MR) is 99.0 cm³/mol. The fraction of sp³-hybridized carbons (Fsp3) is 0.316. The van der Waals surface area contributed by atoms with Crippen molar-refractivity contribution in [1.29, 1.82) is 0 Å². The molecule has 6 heteroatoms. The average molecular weight is 362 g/mol. The molecule has 0 saturated heterocycles. The Morgan fingerprint density at radius 1 is 1.20 bits per heavy atom. The molecule has 0 spiro atoms. The molecule has 3 rings (SSSR count). The molecule has 0 fully saturated rings. The number of nitrogens with one attached hydrogen (secondary N) is 2. The lowest BCUT2D eigenvalue weighted by atomic mass is 9.89. The summed E-state index contributed by atoms with van der Waals surface area (Å²) in [5, 5.41) is 5.96. The average Bonchev–Trinajstić information content (AvgIpc) is 2.51. The summed E-state index contributed by atoms with van der Waals surface area (Å²) in [7, 11) is 0. The van der Waals surface area contributed by atoms with E-state index < -0.39 is 11.6 Å². The Kier molecular flexibility index (Phi) is 4.64. The van der Waals surface area contributed by atoms with Crippen LogP contribution in [0.25, 0.3) is 0 Å². The molecule has 0 radical (unpaired) electrons. The lowest BCUT2D eigenvalue weighted by molar-refractivity contribution is 0.0696. The van der Waals surface area contributed by atoms with E-state index in [0.717, 1.165) is 16.9 Å². The molecule has 1 aliphatic heterocycles. The zero-order valence-corrected chi connectivity index (χ0v) is 15.1. The van der Waals surface area contributed by atoms with Crippen molar-refractivity contribution in [1.82, 2.24) is 5.32 Å². The molecule has 2 N–H and O–H groups in total. The van der Waals surface area contributed by atoms with Crippen molar-refractivity contribution in [2.45, 2.75) is 38.8 Å². The van der Waals surface area contributed by atoms with Crippen LogP contribution in [0, 0.1) is 18.6 Å². The third kappa shape index (κ3) is 3.90. The highest BCUT2D eigenvalue weighted by Crippen LogP contribution is 2.39. The van der Waals surface area contributed by atoms with Crippen molar-refractivity contribution >= 4 is 23.0 Å². The maximum absolute atomic E-state index is 13.8. The minimum Gasteiger partial charge on any atom is -0.487 e. The lowest BCUT2D eigenvalue weighted by Gasteiger charge is -2.38. The minimum absolute atomic E-state index is 0.117. The quantitative estimate of drug-likeness (QED) is 0.748. The van der Waals surface area contributed by atoms with Gasteiger partial charge in [-0.05, 0) is 51.2 Å². The number of hydrogen-bond acceptors (Lipinski definition) is 2. The molecule has 2 aromatic carbocycles. The van der Waals surface area contributed by atoms with Crippen molar-refractivity contribution in [3.05, 3.63) is 59.2 Å². The molecule has 0 amide bonds. The van der Waals surface area contributed by atoms with Crippen LogP contribution in [-0.4, -0.2) is 10.7 Å². The van der Waals surface area contributed by atoms with Gasteiger partial charge in [0.05, 0.1) is 6.04 Å². The SMILES string of the molecule is Cc1ccc2c(c1)[C@H](NC(=S)Nc1c(F)cccc1F)CC(C)(C)O2. The summed E-state index contributed by atoms with van der Waals surface area (Å²) in [4.78, 5) is 0. The highest BCUT2D eigenvalue weighted by molar-refractivity contribution is 7.80. The number of halogens is 2. The van der Waals surface area contributed by atoms with E-state index in [1.54, 1.807) is 0 Å². The molecule has 0 unspecified atom stereocenters. The third-order valence-corrected chi connectivity index (χ3v) is 4.35. The number of hydrogen-bond donors (Lipinski definition) is 2. The second-order valence-electron chi connectivity index (χ2n) is 6.85. The standard InChI is InChI=1S/C19H20F2N2OS/c1-11-7-8-16-12(9-11)15(10-19(2,3)24-16)22-18(25)23-17-13(20)5-4-6-14(17)21/h4-9,15H,10H2,1-3H3,(H2,22,23,25)/t15-/m1/s1. The molecular formula is C19H20F2N2OS. The number of benzene rings is 2. The van der Waals surface area contributed by atoms with Crippen LogP contribution in [0.3, 0.4) is 0 Å². The van der Waals surface area contributed by atoms with E-state index in [0.29, 0.717) is 6.42 Å². The Morgan fingerprint density at radius 3 is 2.56 bits per heavy atom. The molecule has 25 heavy (non-hydrogen) atoms. The van der Waals surface area contributed by atoms with E-state index in [1.807, 2.05) is 39.0 Å². The summed E-state index contributed by atoms with van der Waals surface area (Å²) in [5.74, 6) is -0.584. The zero-order chi connectivity index (χ0) is 18.2. The molecule has 0 aromatic heterocycles. The highest BCUT2D eigenvalue weighted by atomic mass is 32.1. The van der Waals surface area contributed by atoms with Crippen molar-refractivity contribution in [3.8, 4) is 5.75 Å². The molecule has 1 atom stereocenters. The Morgan fingerprint density at radius 2 is 1.88 bits per heavy atom. The summed E-state index contributed by atoms with van der Waals surface area (Å²) in [6.07, 6.45) is 0.672. The third-order valence-electron chi connectivity index (χ3n) is 4.13. The number of aryl methyl sites for hydroxylation is 1. The molecule has 1 heterocycles. The Bertz CT molecular complexity index is 803. The fourth-order valence-electron chi connectivity index (χ4n) is 3.03. The number of ether oxygens (including phenoxy) is 1. The first-order valence-electron chi connectivity index (χ1n) is 8.06. The largest absolute Gasteiger partial charge is 0.487 e. The molecular weight excluding hydrogens is 342 g/mol. The van der Waals surface area contributed by atoms with Gasteiger partial charge in [0.25, 0.3) is 0 Å². The van der Waals surface area contributed by atoms with Crippen LogP contribution in [-0.2, 0) is 0 Å². The van der Waals surface area contributed by atoms with Gasteiger partial charge in [-0.1, -0.05) is 23.8 Å². The van der Waals surface area contributed by atoms with Gasteiger partial charge in [0, 0.05) is 12.0 Å². The van der Waals surface area contributed by atoms with Crippen molar-refractivity contribution in [2.75, 3.05) is 5.32 Å². The smallest absolute Gasteiger partial charge is 0.171 e. The summed E-state index contributed by atoms with van der Waals surface area (Å²) in [6, 6.07) is 9.53. The van der Waals surface area contributed by atoms with Gasteiger partial charge >= 0.3 is 0 Å². The number of fused-ring (bicyclic) bond motifs is 1. The monoisotopic (exact) mass is 362 g/mol. The Balaban J connectivity index is 1.82. The van der Waals surface area contributed by atoms with E-state index in [9.17, 15) is 8.78 Å². The van der Waals surface area contributed by atoms with Crippen LogP contribution in [0.5, 0.6) is 5.75 Å². The van der Waals surface area contributed by atoms with E-state index >= 15 is 0 Å². The first-order chi connectivity index (χ1) is 11.7. The first kappa shape index (κ1) is 17.6. The molecule has 0 aliphatic carbocycles. The molecule has 0 bridgehead atoms. The van der Waals surface area contributed by atoms with Crippen molar-refractivity contribution in [2.24, 2.45) is 0 Å². The van der Waals surface area contributed by atoms with Crippen LogP contribution in [0.2, 0.25) is 0 Å². The second kappa shape index (κ2) is 6.59. The van der Waals surface area contributed by atoms with Gasteiger partial charge in [-0.25, -0.2) is 8.78 Å². The number of para-hydroxylation sites is 1. The summed E-state index contributed by atoms with van der Waals surface area (Å²) >= 11 is 5.28. The molecule has 132 valence electrons. The van der Waals surface area contributed by atoms with Crippen LogP contribution in [0.1, 0.15) is 37.4 Å². The lowest BCUT2D eigenvalue weighted by Crippen LogP contribution is -2.42. The number of rotatable bonds is 2. The zero-order valence-electron chi connectivity index (χ0n) is 14.3. The van der Waals surface area contributed by atoms with E-state index in [1.165, 1.54) is 18.2 Å². The first-order valence-corrected chi connectivity index (χ1v) is 8.47. The minimum atomic E-state index is -0.687. The molecule has 2 aromatic rings. The van der Waals surface area contributed by atoms with Gasteiger partial charge in [-0.15, -0.1) is 0 Å². The maximum Gasteiger partial charge on any atom is 0.171 e. The topological polar surface area (TPSA) is 33.3 Å². The van der Waals surface area contributed by atoms with Crippen LogP contribution >= 0.6 is 12.2 Å². The second-order valence-corrected chi connectivity index (χ2v) is 7.26. The van der Waals surface area contributed by atoms with Crippen molar-refractivity contribution in [3.63, 3.8) is 0 Å². The van der Waals surface area contributed by atoms with Crippen molar-refractivity contribution < 1.29 is 13.5 Å². The normalized spacial score (nSPS) is 18.0. The van der Waals surface area contributed by atoms with Gasteiger partial charge in [0.2, 0.25) is 0 Å². The summed E-state index contributed by atoms with van der Waals surface area (Å²) in [5.41, 5.74) is 1.46. The number of anilines is 1. The van der Waals surface area contributed by atoms with Gasteiger partial charge in [-0.3, -0.25) is 0 Å².